The van der Waals surface area contributed by atoms with Gasteiger partial charge in [-0.3, -0.25) is 4.79 Å². The molecule has 21 heavy (non-hydrogen) atoms. The van der Waals surface area contributed by atoms with E-state index in [0.717, 1.165) is 12.8 Å². The molecule has 0 aromatic heterocycles. The van der Waals surface area contributed by atoms with Gasteiger partial charge in [0.1, 0.15) is 0 Å². The standard InChI is InChI=1S/C15H17F2NO3/c1-8(2)18(7-9-3-4-9)14(19)10-5-12(16)13(17)6-11(10)15(20)21/h5-6,8-9H,3-4,7H2,1-2H3,(H,20,21). The smallest absolute Gasteiger partial charge is 0.336 e. The van der Waals surface area contributed by atoms with Crippen LogP contribution in [0.5, 0.6) is 0 Å². The quantitative estimate of drug-likeness (QED) is 0.909. The van der Waals surface area contributed by atoms with Crippen molar-refractivity contribution in [3.63, 3.8) is 0 Å². The molecule has 1 aromatic carbocycles. The first-order valence-electron chi connectivity index (χ1n) is 6.84. The molecule has 0 heterocycles. The van der Waals surface area contributed by atoms with Gasteiger partial charge in [0, 0.05) is 12.6 Å². The van der Waals surface area contributed by atoms with Crippen LogP contribution in [-0.2, 0) is 0 Å². The Bertz CT molecular complexity index is 583. The topological polar surface area (TPSA) is 57.6 Å². The van der Waals surface area contributed by atoms with Gasteiger partial charge in [-0.25, -0.2) is 13.6 Å². The first kappa shape index (κ1) is 15.4. The summed E-state index contributed by atoms with van der Waals surface area (Å²) in [6.07, 6.45) is 2.06. The predicted octanol–water partition coefficient (Wildman–Crippen LogP) is 2.92. The molecule has 2 rings (SSSR count). The number of benzene rings is 1. The lowest BCUT2D eigenvalue weighted by Crippen LogP contribution is -2.39. The SMILES string of the molecule is CC(C)N(CC1CC1)C(=O)c1cc(F)c(F)cc1C(=O)O. The average Bonchev–Trinajstić information content (AvgIpc) is 3.21. The van der Waals surface area contributed by atoms with E-state index in [1.54, 1.807) is 13.8 Å². The van der Waals surface area contributed by atoms with Gasteiger partial charge >= 0.3 is 5.97 Å². The Labute approximate surface area is 121 Å². The molecule has 0 atom stereocenters. The molecule has 1 aliphatic carbocycles. The lowest BCUT2D eigenvalue weighted by Gasteiger charge is -2.27. The molecule has 0 aliphatic heterocycles. The number of hydrogen-bond donors (Lipinski definition) is 1. The van der Waals surface area contributed by atoms with Crippen molar-refractivity contribution in [2.75, 3.05) is 6.54 Å². The molecular formula is C15H17F2NO3. The number of halogens is 2. The van der Waals surface area contributed by atoms with Crippen LogP contribution < -0.4 is 0 Å². The Morgan fingerprint density at radius 3 is 2.19 bits per heavy atom. The Balaban J connectivity index is 2.40. The maximum atomic E-state index is 13.4. The van der Waals surface area contributed by atoms with E-state index in [1.165, 1.54) is 4.90 Å². The molecule has 1 aliphatic rings. The van der Waals surface area contributed by atoms with E-state index >= 15 is 0 Å². The zero-order valence-electron chi connectivity index (χ0n) is 11.9. The fraction of sp³-hybridized carbons (Fsp3) is 0.467. The van der Waals surface area contributed by atoms with Crippen molar-refractivity contribution in [2.24, 2.45) is 5.92 Å². The van der Waals surface area contributed by atoms with Crippen molar-refractivity contribution < 1.29 is 23.5 Å². The van der Waals surface area contributed by atoms with Crippen LogP contribution in [0.15, 0.2) is 12.1 Å². The second-order valence-corrected chi connectivity index (χ2v) is 5.61. The summed E-state index contributed by atoms with van der Waals surface area (Å²) in [5, 5.41) is 9.08. The Morgan fingerprint density at radius 1 is 1.24 bits per heavy atom. The molecule has 4 nitrogen and oxygen atoms in total. The van der Waals surface area contributed by atoms with E-state index < -0.39 is 29.1 Å². The van der Waals surface area contributed by atoms with Gasteiger partial charge in [-0.2, -0.15) is 0 Å². The van der Waals surface area contributed by atoms with E-state index in [1.807, 2.05) is 0 Å². The summed E-state index contributed by atoms with van der Waals surface area (Å²) < 4.78 is 26.6. The Kier molecular flexibility index (Phi) is 4.25. The van der Waals surface area contributed by atoms with E-state index in [-0.39, 0.29) is 11.6 Å². The van der Waals surface area contributed by atoms with Crippen LogP contribution in [0.3, 0.4) is 0 Å². The third kappa shape index (κ3) is 3.37. The molecule has 1 aromatic rings. The van der Waals surface area contributed by atoms with Crippen LogP contribution in [-0.4, -0.2) is 34.5 Å². The summed E-state index contributed by atoms with van der Waals surface area (Å²) in [5.41, 5.74) is -0.823. The van der Waals surface area contributed by atoms with Crippen LogP contribution in [0.25, 0.3) is 0 Å². The minimum atomic E-state index is -1.45. The number of carboxylic acids is 1. The first-order chi connectivity index (χ1) is 9.81. The van der Waals surface area contributed by atoms with E-state index in [2.05, 4.69) is 0 Å². The van der Waals surface area contributed by atoms with Crippen LogP contribution in [0.4, 0.5) is 8.78 Å². The van der Waals surface area contributed by atoms with Crippen molar-refractivity contribution >= 4 is 11.9 Å². The fourth-order valence-corrected chi connectivity index (χ4v) is 2.16. The Hall–Kier alpha value is -1.98. The number of aromatic carboxylic acids is 1. The van der Waals surface area contributed by atoms with Crippen molar-refractivity contribution in [1.29, 1.82) is 0 Å². The zero-order valence-corrected chi connectivity index (χ0v) is 11.9. The number of hydrogen-bond acceptors (Lipinski definition) is 2. The molecule has 1 amide bonds. The lowest BCUT2D eigenvalue weighted by molar-refractivity contribution is 0.0652. The zero-order chi connectivity index (χ0) is 15.7. The van der Waals surface area contributed by atoms with Gasteiger partial charge in [0.15, 0.2) is 11.6 Å². The second-order valence-electron chi connectivity index (χ2n) is 5.61. The highest BCUT2D eigenvalue weighted by Crippen LogP contribution is 2.31. The average molecular weight is 297 g/mol. The van der Waals surface area contributed by atoms with Gasteiger partial charge in [-0.1, -0.05) is 0 Å². The van der Waals surface area contributed by atoms with Gasteiger partial charge in [0.05, 0.1) is 11.1 Å². The summed E-state index contributed by atoms with van der Waals surface area (Å²) in [6.45, 7) is 4.12. The molecule has 0 radical (unpaired) electrons. The summed E-state index contributed by atoms with van der Waals surface area (Å²) in [5.74, 6) is -4.11. The van der Waals surface area contributed by atoms with Crippen LogP contribution in [0, 0.1) is 17.6 Å². The van der Waals surface area contributed by atoms with Crippen LogP contribution in [0.2, 0.25) is 0 Å². The minimum absolute atomic E-state index is 0.146. The summed E-state index contributed by atoms with van der Waals surface area (Å²) in [7, 11) is 0. The minimum Gasteiger partial charge on any atom is -0.478 e. The van der Waals surface area contributed by atoms with E-state index in [4.69, 9.17) is 5.11 Å². The third-order valence-electron chi connectivity index (χ3n) is 3.56. The van der Waals surface area contributed by atoms with Gasteiger partial charge in [0.25, 0.3) is 5.91 Å². The molecule has 1 N–H and O–H groups in total. The van der Waals surface area contributed by atoms with Gasteiger partial charge in [-0.15, -0.1) is 0 Å². The number of carboxylic acid groups (broad SMARTS) is 1. The fourth-order valence-electron chi connectivity index (χ4n) is 2.16. The summed E-state index contributed by atoms with van der Waals surface area (Å²) in [6, 6.07) is 1.08. The maximum absolute atomic E-state index is 13.4. The predicted molar refractivity (Wildman–Crippen MR) is 72.2 cm³/mol. The molecule has 1 saturated carbocycles. The van der Waals surface area contributed by atoms with Crippen LogP contribution >= 0.6 is 0 Å². The summed E-state index contributed by atoms with van der Waals surface area (Å²) >= 11 is 0. The number of rotatable bonds is 5. The molecule has 6 heteroatoms. The number of carbonyl (C=O) groups is 2. The third-order valence-corrected chi connectivity index (χ3v) is 3.56. The highest BCUT2D eigenvalue weighted by atomic mass is 19.2. The molecule has 0 saturated heterocycles. The largest absolute Gasteiger partial charge is 0.478 e. The first-order valence-corrected chi connectivity index (χ1v) is 6.84. The normalized spacial score (nSPS) is 14.3. The lowest BCUT2D eigenvalue weighted by atomic mass is 10.0. The van der Waals surface area contributed by atoms with Crippen molar-refractivity contribution in [3.8, 4) is 0 Å². The van der Waals surface area contributed by atoms with E-state index in [0.29, 0.717) is 24.6 Å². The number of nitrogens with zero attached hydrogens (tertiary/aromatic N) is 1. The number of amides is 1. The highest BCUT2D eigenvalue weighted by Gasteiger charge is 2.31. The molecule has 0 bridgehead atoms. The maximum Gasteiger partial charge on any atom is 0.336 e. The van der Waals surface area contributed by atoms with Crippen LogP contribution in [0.1, 0.15) is 47.4 Å². The summed E-state index contributed by atoms with van der Waals surface area (Å²) in [4.78, 5) is 25.2. The van der Waals surface area contributed by atoms with Gasteiger partial charge in [0.2, 0.25) is 0 Å². The van der Waals surface area contributed by atoms with Crippen molar-refractivity contribution in [1.82, 2.24) is 4.90 Å². The van der Waals surface area contributed by atoms with E-state index in [9.17, 15) is 18.4 Å². The van der Waals surface area contributed by atoms with Crippen molar-refractivity contribution in [2.45, 2.75) is 32.7 Å². The molecule has 0 unspecified atom stereocenters. The molecule has 0 spiro atoms. The highest BCUT2D eigenvalue weighted by molar-refractivity contribution is 6.04. The van der Waals surface area contributed by atoms with Crippen molar-refractivity contribution in [3.05, 3.63) is 34.9 Å². The van der Waals surface area contributed by atoms with Gasteiger partial charge < -0.3 is 10.0 Å². The molecule has 114 valence electrons. The molecule has 1 fully saturated rings. The monoisotopic (exact) mass is 297 g/mol. The molecular weight excluding hydrogens is 280 g/mol. The Morgan fingerprint density at radius 2 is 1.76 bits per heavy atom. The van der Waals surface area contributed by atoms with Gasteiger partial charge in [-0.05, 0) is 44.7 Å². The second kappa shape index (κ2) is 5.79. The number of carbonyl (C=O) groups excluding carboxylic acids is 1.